The zero-order valence-corrected chi connectivity index (χ0v) is 12.3. The molecule has 112 valence electrons. The van der Waals surface area contributed by atoms with Crippen molar-refractivity contribution in [3.05, 3.63) is 18.2 Å². The van der Waals surface area contributed by atoms with Crippen molar-refractivity contribution in [3.63, 3.8) is 0 Å². The van der Waals surface area contributed by atoms with Crippen LogP contribution >= 0.6 is 0 Å². The third kappa shape index (κ3) is 2.17. The molecule has 0 bridgehead atoms. The summed E-state index contributed by atoms with van der Waals surface area (Å²) in [5, 5.41) is 0. The van der Waals surface area contributed by atoms with Crippen LogP contribution in [0.15, 0.2) is 18.2 Å². The molecule has 1 aliphatic heterocycles. The molecule has 2 atom stereocenters. The third-order valence-electron chi connectivity index (χ3n) is 4.47. The molecule has 0 aromatic heterocycles. The van der Waals surface area contributed by atoms with Gasteiger partial charge in [-0.15, -0.1) is 0 Å². The van der Waals surface area contributed by atoms with Gasteiger partial charge in [-0.3, -0.25) is 9.59 Å². The number of fused-ring (bicyclic) bond motifs is 1. The van der Waals surface area contributed by atoms with E-state index in [-0.39, 0.29) is 23.7 Å². The number of nitrogens with zero attached hydrogens (tertiary/aromatic N) is 1. The van der Waals surface area contributed by atoms with Gasteiger partial charge in [-0.1, -0.05) is 12.8 Å². The molecule has 1 heterocycles. The van der Waals surface area contributed by atoms with Gasteiger partial charge >= 0.3 is 0 Å². The molecule has 1 saturated carbocycles. The van der Waals surface area contributed by atoms with Crippen molar-refractivity contribution in [3.8, 4) is 11.5 Å². The van der Waals surface area contributed by atoms with E-state index in [0.717, 1.165) is 25.7 Å². The van der Waals surface area contributed by atoms with Crippen LogP contribution in [0, 0.1) is 11.8 Å². The van der Waals surface area contributed by atoms with E-state index in [1.807, 2.05) is 0 Å². The van der Waals surface area contributed by atoms with Gasteiger partial charge in [0.1, 0.15) is 11.5 Å². The molecule has 1 aliphatic carbocycles. The Morgan fingerprint density at radius 1 is 1.00 bits per heavy atom. The Bertz CT molecular complexity index is 560. The second-order valence-corrected chi connectivity index (χ2v) is 5.55. The Balaban J connectivity index is 2.00. The van der Waals surface area contributed by atoms with E-state index in [1.54, 1.807) is 25.3 Å². The van der Waals surface area contributed by atoms with Crippen molar-refractivity contribution in [2.45, 2.75) is 25.7 Å². The fourth-order valence-corrected chi connectivity index (χ4v) is 3.37. The average molecular weight is 289 g/mol. The molecule has 3 rings (SSSR count). The summed E-state index contributed by atoms with van der Waals surface area (Å²) in [6, 6.07) is 5.14. The first-order valence-electron chi connectivity index (χ1n) is 7.27. The van der Waals surface area contributed by atoms with Gasteiger partial charge < -0.3 is 9.47 Å². The molecule has 5 nitrogen and oxygen atoms in total. The topological polar surface area (TPSA) is 55.8 Å². The highest BCUT2D eigenvalue weighted by atomic mass is 16.5. The van der Waals surface area contributed by atoms with Crippen molar-refractivity contribution < 1.29 is 19.1 Å². The lowest BCUT2D eigenvalue weighted by Gasteiger charge is -2.19. The second kappa shape index (κ2) is 5.39. The van der Waals surface area contributed by atoms with Crippen LogP contribution < -0.4 is 14.4 Å². The molecule has 21 heavy (non-hydrogen) atoms. The van der Waals surface area contributed by atoms with Crippen LogP contribution in [-0.2, 0) is 9.59 Å². The minimum Gasteiger partial charge on any atom is -0.497 e. The Labute approximate surface area is 123 Å². The fourth-order valence-electron chi connectivity index (χ4n) is 3.37. The van der Waals surface area contributed by atoms with Gasteiger partial charge in [0.15, 0.2) is 0 Å². The molecule has 0 unspecified atom stereocenters. The summed E-state index contributed by atoms with van der Waals surface area (Å²) in [5.74, 6) is 0.624. The number of ether oxygens (including phenoxy) is 2. The Kier molecular flexibility index (Phi) is 3.57. The van der Waals surface area contributed by atoms with Gasteiger partial charge in [0.25, 0.3) is 0 Å². The SMILES string of the molecule is COc1ccc(N2C(=O)[C@H]3CCCC[C@H]3C2=O)c(OC)c1. The van der Waals surface area contributed by atoms with Crippen LogP contribution in [0.5, 0.6) is 11.5 Å². The second-order valence-electron chi connectivity index (χ2n) is 5.55. The van der Waals surface area contributed by atoms with Crippen LogP contribution in [0.3, 0.4) is 0 Å². The van der Waals surface area contributed by atoms with Crippen molar-refractivity contribution in [2.75, 3.05) is 19.1 Å². The van der Waals surface area contributed by atoms with E-state index in [1.165, 1.54) is 12.0 Å². The summed E-state index contributed by atoms with van der Waals surface area (Å²) < 4.78 is 10.5. The lowest BCUT2D eigenvalue weighted by molar-refractivity contribution is -0.122. The number of hydrogen-bond donors (Lipinski definition) is 0. The summed E-state index contributed by atoms with van der Waals surface area (Å²) in [6.07, 6.45) is 3.66. The zero-order valence-electron chi connectivity index (χ0n) is 12.3. The molecule has 2 fully saturated rings. The zero-order chi connectivity index (χ0) is 15.0. The Hall–Kier alpha value is -2.04. The molecule has 2 aliphatic rings. The molecule has 1 aromatic carbocycles. The Morgan fingerprint density at radius 3 is 2.14 bits per heavy atom. The van der Waals surface area contributed by atoms with Gasteiger partial charge in [-0.2, -0.15) is 0 Å². The van der Waals surface area contributed by atoms with Gasteiger partial charge in [0, 0.05) is 6.07 Å². The number of anilines is 1. The summed E-state index contributed by atoms with van der Waals surface area (Å²) in [5.41, 5.74) is 0.516. The lowest BCUT2D eigenvalue weighted by atomic mass is 9.81. The number of imide groups is 1. The van der Waals surface area contributed by atoms with Crippen LogP contribution in [0.1, 0.15) is 25.7 Å². The van der Waals surface area contributed by atoms with E-state index < -0.39 is 0 Å². The Morgan fingerprint density at radius 2 is 1.62 bits per heavy atom. The number of amides is 2. The number of methoxy groups -OCH3 is 2. The van der Waals surface area contributed by atoms with Crippen LogP contribution in [0.2, 0.25) is 0 Å². The fraction of sp³-hybridized carbons (Fsp3) is 0.500. The van der Waals surface area contributed by atoms with Gasteiger partial charge in [-0.25, -0.2) is 4.90 Å². The molecular weight excluding hydrogens is 270 g/mol. The van der Waals surface area contributed by atoms with Gasteiger partial charge in [0.2, 0.25) is 11.8 Å². The predicted molar refractivity (Wildman–Crippen MR) is 77.5 cm³/mol. The number of benzene rings is 1. The standard InChI is InChI=1S/C16H19NO4/c1-20-10-7-8-13(14(9-10)21-2)17-15(18)11-5-3-4-6-12(11)16(17)19/h7-9,11-12H,3-6H2,1-2H3/t11-,12+. The highest BCUT2D eigenvalue weighted by molar-refractivity contribution is 6.22. The van der Waals surface area contributed by atoms with E-state index >= 15 is 0 Å². The monoisotopic (exact) mass is 289 g/mol. The first-order valence-corrected chi connectivity index (χ1v) is 7.27. The van der Waals surface area contributed by atoms with Gasteiger partial charge in [-0.05, 0) is 25.0 Å². The van der Waals surface area contributed by atoms with Gasteiger partial charge in [0.05, 0.1) is 31.7 Å². The molecule has 0 spiro atoms. The molecule has 2 amide bonds. The summed E-state index contributed by atoms with van der Waals surface area (Å²) >= 11 is 0. The minimum atomic E-state index is -0.155. The lowest BCUT2D eigenvalue weighted by Crippen LogP contribution is -2.31. The average Bonchev–Trinajstić information content (AvgIpc) is 2.79. The summed E-state index contributed by atoms with van der Waals surface area (Å²) in [6.45, 7) is 0. The normalized spacial score (nSPS) is 25.0. The van der Waals surface area contributed by atoms with Crippen LogP contribution in [0.25, 0.3) is 0 Å². The molecule has 1 saturated heterocycles. The predicted octanol–water partition coefficient (Wildman–Crippen LogP) is 2.38. The first-order chi connectivity index (χ1) is 10.2. The number of carbonyl (C=O) groups excluding carboxylic acids is 2. The van der Waals surface area contributed by atoms with E-state index in [9.17, 15) is 9.59 Å². The molecular formula is C16H19NO4. The van der Waals surface area contributed by atoms with Crippen LogP contribution in [-0.4, -0.2) is 26.0 Å². The maximum absolute atomic E-state index is 12.6. The maximum Gasteiger partial charge on any atom is 0.237 e. The quantitative estimate of drug-likeness (QED) is 0.802. The van der Waals surface area contributed by atoms with Crippen molar-refractivity contribution in [1.29, 1.82) is 0 Å². The highest BCUT2D eigenvalue weighted by Crippen LogP contribution is 2.43. The van der Waals surface area contributed by atoms with Crippen LogP contribution in [0.4, 0.5) is 5.69 Å². The summed E-state index contributed by atoms with van der Waals surface area (Å²) in [4.78, 5) is 26.5. The van der Waals surface area contributed by atoms with E-state index in [2.05, 4.69) is 0 Å². The number of hydrogen-bond acceptors (Lipinski definition) is 4. The number of rotatable bonds is 3. The van der Waals surface area contributed by atoms with Crippen molar-refractivity contribution in [1.82, 2.24) is 0 Å². The smallest absolute Gasteiger partial charge is 0.237 e. The first kappa shape index (κ1) is 13.9. The molecule has 0 N–H and O–H groups in total. The largest absolute Gasteiger partial charge is 0.497 e. The minimum absolute atomic E-state index is 0.0897. The highest BCUT2D eigenvalue weighted by Gasteiger charge is 2.49. The maximum atomic E-state index is 12.6. The third-order valence-corrected chi connectivity index (χ3v) is 4.47. The molecule has 5 heteroatoms. The summed E-state index contributed by atoms with van der Waals surface area (Å²) in [7, 11) is 3.09. The van der Waals surface area contributed by atoms with E-state index in [0.29, 0.717) is 17.2 Å². The molecule has 0 radical (unpaired) electrons. The van der Waals surface area contributed by atoms with Crippen molar-refractivity contribution in [2.24, 2.45) is 11.8 Å². The van der Waals surface area contributed by atoms with Crippen molar-refractivity contribution >= 4 is 17.5 Å². The number of carbonyl (C=O) groups is 2. The molecule has 1 aromatic rings. The van der Waals surface area contributed by atoms with E-state index in [4.69, 9.17) is 9.47 Å².